The Hall–Kier alpha value is -2.44. The van der Waals surface area contributed by atoms with E-state index < -0.39 is 23.1 Å². The molecular formula is C16H19FN2O4. The molecule has 3 N–H and O–H groups in total. The highest BCUT2D eigenvalue weighted by Gasteiger charge is 2.45. The first-order valence-corrected chi connectivity index (χ1v) is 7.47. The molecule has 0 spiro atoms. The lowest BCUT2D eigenvalue weighted by molar-refractivity contribution is -0.157. The number of carboxylic acid groups (broad SMARTS) is 1. The Balaban J connectivity index is 1.71. The maximum absolute atomic E-state index is 13.4. The van der Waals surface area contributed by atoms with Crippen LogP contribution < -0.4 is 10.6 Å². The van der Waals surface area contributed by atoms with Crippen LogP contribution in [0.5, 0.6) is 0 Å². The van der Waals surface area contributed by atoms with Crippen molar-refractivity contribution in [3.05, 3.63) is 35.6 Å². The van der Waals surface area contributed by atoms with Gasteiger partial charge >= 0.3 is 5.97 Å². The summed E-state index contributed by atoms with van der Waals surface area (Å²) in [7, 11) is 0. The second-order valence-electron chi connectivity index (χ2n) is 5.70. The molecule has 124 valence electrons. The number of carboxylic acids is 1. The van der Waals surface area contributed by atoms with E-state index >= 15 is 0 Å². The fourth-order valence-electron chi connectivity index (χ4n) is 2.56. The predicted octanol–water partition coefficient (Wildman–Crippen LogP) is 1.32. The van der Waals surface area contributed by atoms with Gasteiger partial charge in [0.1, 0.15) is 5.82 Å². The Kier molecular flexibility index (Phi) is 5.31. The molecular weight excluding hydrogens is 303 g/mol. The zero-order valence-electron chi connectivity index (χ0n) is 12.6. The summed E-state index contributed by atoms with van der Waals surface area (Å²) in [5, 5.41) is 14.2. The van der Waals surface area contributed by atoms with Gasteiger partial charge in [0.25, 0.3) is 5.91 Å². The van der Waals surface area contributed by atoms with E-state index in [9.17, 15) is 18.8 Å². The van der Waals surface area contributed by atoms with Crippen LogP contribution in [0.1, 0.15) is 36.0 Å². The highest BCUT2D eigenvalue weighted by molar-refractivity contribution is 5.94. The van der Waals surface area contributed by atoms with E-state index in [4.69, 9.17) is 5.11 Å². The number of aliphatic carboxylic acids is 1. The highest BCUT2D eigenvalue weighted by Crippen LogP contribution is 2.44. The molecule has 1 aromatic carbocycles. The number of carbonyl (C=O) groups excluding carboxylic acids is 2. The molecule has 0 bridgehead atoms. The minimum atomic E-state index is -0.938. The zero-order chi connectivity index (χ0) is 16.9. The molecule has 0 heterocycles. The van der Waals surface area contributed by atoms with Gasteiger partial charge in [0.15, 0.2) is 0 Å². The van der Waals surface area contributed by atoms with E-state index in [0.29, 0.717) is 12.8 Å². The summed E-state index contributed by atoms with van der Waals surface area (Å²) >= 11 is 0. The van der Waals surface area contributed by atoms with Crippen molar-refractivity contribution in [2.75, 3.05) is 13.1 Å². The molecule has 1 aliphatic rings. The minimum Gasteiger partial charge on any atom is -0.481 e. The summed E-state index contributed by atoms with van der Waals surface area (Å²) in [6.07, 6.45) is 1.79. The van der Waals surface area contributed by atoms with Gasteiger partial charge in [-0.05, 0) is 25.0 Å². The molecule has 6 nitrogen and oxygen atoms in total. The van der Waals surface area contributed by atoms with Crippen LogP contribution in [0.2, 0.25) is 0 Å². The molecule has 0 atom stereocenters. The fourth-order valence-corrected chi connectivity index (χ4v) is 2.56. The average molecular weight is 322 g/mol. The third-order valence-corrected chi connectivity index (χ3v) is 4.11. The third kappa shape index (κ3) is 4.06. The van der Waals surface area contributed by atoms with Gasteiger partial charge in [-0.15, -0.1) is 0 Å². The molecule has 0 saturated heterocycles. The third-order valence-electron chi connectivity index (χ3n) is 4.11. The summed E-state index contributed by atoms with van der Waals surface area (Å²) in [4.78, 5) is 34.7. The summed E-state index contributed by atoms with van der Waals surface area (Å²) in [6.45, 7) is 0.299. The Morgan fingerprint density at radius 3 is 2.35 bits per heavy atom. The van der Waals surface area contributed by atoms with Crippen LogP contribution in [0.15, 0.2) is 24.3 Å². The summed E-state index contributed by atoms with van der Waals surface area (Å²) in [5.74, 6) is -2.46. The topological polar surface area (TPSA) is 95.5 Å². The van der Waals surface area contributed by atoms with E-state index in [-0.39, 0.29) is 31.0 Å². The molecule has 7 heteroatoms. The largest absolute Gasteiger partial charge is 0.481 e. The number of hydrogen-bond donors (Lipinski definition) is 3. The van der Waals surface area contributed by atoms with Crippen LogP contribution in [0.3, 0.4) is 0 Å². The molecule has 1 saturated carbocycles. The Morgan fingerprint density at radius 2 is 1.78 bits per heavy atom. The van der Waals surface area contributed by atoms with Crippen molar-refractivity contribution in [1.29, 1.82) is 0 Å². The van der Waals surface area contributed by atoms with Crippen LogP contribution >= 0.6 is 0 Å². The van der Waals surface area contributed by atoms with Crippen LogP contribution in [-0.4, -0.2) is 36.0 Å². The molecule has 0 aliphatic heterocycles. The molecule has 0 aromatic heterocycles. The van der Waals surface area contributed by atoms with Gasteiger partial charge in [-0.1, -0.05) is 18.6 Å². The number of amides is 2. The highest BCUT2D eigenvalue weighted by atomic mass is 19.1. The summed E-state index contributed by atoms with van der Waals surface area (Å²) < 4.78 is 13.4. The smallest absolute Gasteiger partial charge is 0.310 e. The SMILES string of the molecule is O=C(CC1(C(=O)O)CCC1)NCCNC(=O)c1ccccc1F. The van der Waals surface area contributed by atoms with Crippen LogP contribution in [0.25, 0.3) is 0 Å². The minimum absolute atomic E-state index is 0.0520. The first-order chi connectivity index (χ1) is 10.9. The van der Waals surface area contributed by atoms with E-state index in [0.717, 1.165) is 6.42 Å². The lowest BCUT2D eigenvalue weighted by atomic mass is 9.66. The molecule has 0 radical (unpaired) electrons. The lowest BCUT2D eigenvalue weighted by Crippen LogP contribution is -2.43. The molecule has 0 unspecified atom stereocenters. The zero-order valence-corrected chi connectivity index (χ0v) is 12.6. The number of hydrogen-bond acceptors (Lipinski definition) is 3. The lowest BCUT2D eigenvalue weighted by Gasteiger charge is -2.36. The monoisotopic (exact) mass is 322 g/mol. The van der Waals surface area contributed by atoms with Gasteiger partial charge in [0.2, 0.25) is 5.91 Å². The Labute approximate surface area is 133 Å². The second-order valence-corrected chi connectivity index (χ2v) is 5.70. The molecule has 2 amide bonds. The average Bonchev–Trinajstić information content (AvgIpc) is 2.47. The predicted molar refractivity (Wildman–Crippen MR) is 80.3 cm³/mol. The fraction of sp³-hybridized carbons (Fsp3) is 0.438. The van der Waals surface area contributed by atoms with E-state index in [1.54, 1.807) is 6.07 Å². The van der Waals surface area contributed by atoms with Gasteiger partial charge in [-0.2, -0.15) is 0 Å². The van der Waals surface area contributed by atoms with Gasteiger partial charge < -0.3 is 15.7 Å². The molecule has 1 aromatic rings. The van der Waals surface area contributed by atoms with Crippen LogP contribution in [0, 0.1) is 11.2 Å². The van der Waals surface area contributed by atoms with Crippen molar-refractivity contribution in [3.63, 3.8) is 0 Å². The van der Waals surface area contributed by atoms with Crippen LogP contribution in [-0.2, 0) is 9.59 Å². The first kappa shape index (κ1) is 16.9. The molecule has 1 aliphatic carbocycles. The number of nitrogens with one attached hydrogen (secondary N) is 2. The number of rotatable bonds is 7. The summed E-state index contributed by atoms with van der Waals surface area (Å²) in [5.41, 5.74) is -0.987. The second kappa shape index (κ2) is 7.21. The van der Waals surface area contributed by atoms with Crippen molar-refractivity contribution in [2.45, 2.75) is 25.7 Å². The van der Waals surface area contributed by atoms with E-state index in [1.807, 2.05) is 0 Å². The number of halogens is 1. The van der Waals surface area contributed by atoms with E-state index in [2.05, 4.69) is 10.6 Å². The van der Waals surface area contributed by atoms with Gasteiger partial charge in [-0.3, -0.25) is 14.4 Å². The molecule has 2 rings (SSSR count). The first-order valence-electron chi connectivity index (χ1n) is 7.47. The maximum Gasteiger partial charge on any atom is 0.310 e. The Bertz CT molecular complexity index is 614. The van der Waals surface area contributed by atoms with E-state index in [1.165, 1.54) is 18.2 Å². The van der Waals surface area contributed by atoms with Crippen LogP contribution in [0.4, 0.5) is 4.39 Å². The normalized spacial score (nSPS) is 15.3. The summed E-state index contributed by atoms with van der Waals surface area (Å²) in [6, 6.07) is 5.62. The quantitative estimate of drug-likeness (QED) is 0.660. The van der Waals surface area contributed by atoms with Crippen molar-refractivity contribution in [3.8, 4) is 0 Å². The van der Waals surface area contributed by atoms with Gasteiger partial charge in [-0.25, -0.2) is 4.39 Å². The van der Waals surface area contributed by atoms with Crippen molar-refractivity contribution in [2.24, 2.45) is 5.41 Å². The standard InChI is InChI=1S/C16H19FN2O4/c17-12-5-2-1-4-11(12)14(21)19-9-8-18-13(20)10-16(15(22)23)6-3-7-16/h1-2,4-5H,3,6-10H2,(H,18,20)(H,19,21)(H,22,23). The van der Waals surface area contributed by atoms with Crippen molar-refractivity contribution in [1.82, 2.24) is 10.6 Å². The van der Waals surface area contributed by atoms with Crippen molar-refractivity contribution >= 4 is 17.8 Å². The van der Waals surface area contributed by atoms with Gasteiger partial charge in [0.05, 0.1) is 11.0 Å². The van der Waals surface area contributed by atoms with Crippen molar-refractivity contribution < 1.29 is 23.9 Å². The Morgan fingerprint density at radius 1 is 1.13 bits per heavy atom. The number of benzene rings is 1. The van der Waals surface area contributed by atoms with Gasteiger partial charge in [0, 0.05) is 19.5 Å². The molecule has 23 heavy (non-hydrogen) atoms. The maximum atomic E-state index is 13.4. The number of carbonyl (C=O) groups is 3. The molecule has 1 fully saturated rings.